The van der Waals surface area contributed by atoms with Crippen molar-refractivity contribution in [2.75, 3.05) is 6.61 Å². The van der Waals surface area contributed by atoms with Gasteiger partial charge in [-0.1, -0.05) is 21.1 Å². The van der Waals surface area contributed by atoms with E-state index in [2.05, 4.69) is 21.1 Å². The number of carboxylic acids is 1. The van der Waals surface area contributed by atoms with Crippen molar-refractivity contribution in [1.82, 2.24) is 5.16 Å². The number of aromatic carboxylic acids is 1. The predicted octanol–water partition coefficient (Wildman–Crippen LogP) is 2.74. The van der Waals surface area contributed by atoms with Crippen LogP contribution in [0.4, 0.5) is 0 Å². The largest absolute Gasteiger partial charge is 0.492 e. The lowest BCUT2D eigenvalue weighted by atomic mass is 10.1. The highest BCUT2D eigenvalue weighted by atomic mass is 79.9. The lowest BCUT2D eigenvalue weighted by Gasteiger charge is -2.05. The quantitative estimate of drug-likeness (QED) is 0.923. The number of hydrogen-bond donors (Lipinski definition) is 1. The molecule has 0 bridgehead atoms. The summed E-state index contributed by atoms with van der Waals surface area (Å²) in [5.74, 6) is 0.0238. The van der Waals surface area contributed by atoms with E-state index in [4.69, 9.17) is 14.4 Å². The highest BCUT2D eigenvalue weighted by molar-refractivity contribution is 9.10. The Labute approximate surface area is 110 Å². The summed E-state index contributed by atoms with van der Waals surface area (Å²) >= 11 is 3.41. The third-order valence-electron chi connectivity index (χ3n) is 2.74. The third kappa shape index (κ3) is 1.78. The Hall–Kier alpha value is -1.82. The second kappa shape index (κ2) is 4.13. The van der Waals surface area contributed by atoms with Gasteiger partial charge in [0.05, 0.1) is 12.2 Å². The maximum absolute atomic E-state index is 10.8. The van der Waals surface area contributed by atoms with Gasteiger partial charge in [0.25, 0.3) is 0 Å². The molecule has 0 spiro atoms. The first kappa shape index (κ1) is 11.3. The molecule has 92 valence electrons. The van der Waals surface area contributed by atoms with Gasteiger partial charge < -0.3 is 14.4 Å². The Bertz CT molecular complexity index is 635. The molecule has 0 saturated heterocycles. The number of aromatic nitrogens is 1. The number of benzene rings is 1. The van der Waals surface area contributed by atoms with Crippen LogP contribution in [0.5, 0.6) is 5.75 Å². The van der Waals surface area contributed by atoms with E-state index >= 15 is 0 Å². The molecule has 5 nitrogen and oxygen atoms in total. The van der Waals surface area contributed by atoms with Crippen LogP contribution in [-0.4, -0.2) is 22.8 Å². The Morgan fingerprint density at radius 1 is 1.39 bits per heavy atom. The Balaban J connectivity index is 2.13. The standard InChI is InChI=1S/C12H8BrNO4/c13-7-3-6-1-2-17-11(6)8(4-7)10-5-9(12(15)16)14-18-10/h3-5H,1-2H2,(H,15,16). The first-order chi connectivity index (χ1) is 8.65. The Morgan fingerprint density at radius 3 is 2.94 bits per heavy atom. The van der Waals surface area contributed by atoms with Gasteiger partial charge >= 0.3 is 5.97 Å². The number of hydrogen-bond acceptors (Lipinski definition) is 4. The van der Waals surface area contributed by atoms with Crippen molar-refractivity contribution >= 4 is 21.9 Å². The van der Waals surface area contributed by atoms with Crippen LogP contribution < -0.4 is 4.74 Å². The van der Waals surface area contributed by atoms with Gasteiger partial charge in [-0.3, -0.25) is 0 Å². The van der Waals surface area contributed by atoms with Crippen molar-refractivity contribution in [3.8, 4) is 17.1 Å². The summed E-state index contributed by atoms with van der Waals surface area (Å²) in [5, 5.41) is 12.3. The van der Waals surface area contributed by atoms with Gasteiger partial charge in [0.2, 0.25) is 0 Å². The van der Waals surface area contributed by atoms with Crippen molar-refractivity contribution in [3.63, 3.8) is 0 Å². The molecule has 3 rings (SSSR count). The SMILES string of the molecule is O=C(O)c1cc(-c2cc(Br)cc3c2OCC3)on1. The average molecular weight is 310 g/mol. The molecule has 1 aromatic heterocycles. The fourth-order valence-electron chi connectivity index (χ4n) is 1.96. The molecule has 0 atom stereocenters. The van der Waals surface area contributed by atoms with E-state index in [-0.39, 0.29) is 5.69 Å². The zero-order valence-corrected chi connectivity index (χ0v) is 10.7. The zero-order chi connectivity index (χ0) is 12.7. The van der Waals surface area contributed by atoms with Crippen LogP contribution in [-0.2, 0) is 6.42 Å². The first-order valence-electron chi connectivity index (χ1n) is 5.31. The summed E-state index contributed by atoms with van der Waals surface area (Å²) < 4.78 is 11.5. The van der Waals surface area contributed by atoms with E-state index in [0.717, 1.165) is 27.8 Å². The minimum absolute atomic E-state index is 0.114. The van der Waals surface area contributed by atoms with E-state index in [0.29, 0.717) is 12.4 Å². The first-order valence-corrected chi connectivity index (χ1v) is 6.10. The molecule has 0 unspecified atom stereocenters. The Morgan fingerprint density at radius 2 is 2.22 bits per heavy atom. The molecule has 0 saturated carbocycles. The summed E-state index contributed by atoms with van der Waals surface area (Å²) in [4.78, 5) is 10.8. The molecule has 2 aromatic rings. The number of rotatable bonds is 2. The summed E-state index contributed by atoms with van der Waals surface area (Å²) in [6.07, 6.45) is 0.835. The smallest absolute Gasteiger partial charge is 0.358 e. The van der Waals surface area contributed by atoms with Crippen LogP contribution in [0.15, 0.2) is 27.2 Å². The number of carboxylic acid groups (broad SMARTS) is 1. The number of carbonyl (C=O) groups is 1. The molecule has 2 heterocycles. The van der Waals surface area contributed by atoms with Gasteiger partial charge in [0.15, 0.2) is 11.5 Å². The molecule has 1 aromatic carbocycles. The van der Waals surface area contributed by atoms with Crippen LogP contribution in [0.3, 0.4) is 0 Å². The molecule has 18 heavy (non-hydrogen) atoms. The Kier molecular flexibility index (Phi) is 2.59. The molecule has 0 radical (unpaired) electrons. The lowest BCUT2D eigenvalue weighted by molar-refractivity contribution is 0.0686. The van der Waals surface area contributed by atoms with Gasteiger partial charge in [-0.15, -0.1) is 0 Å². The average Bonchev–Trinajstić information content (AvgIpc) is 2.95. The molecular formula is C12H8BrNO4. The van der Waals surface area contributed by atoms with Crippen molar-refractivity contribution in [3.05, 3.63) is 33.9 Å². The van der Waals surface area contributed by atoms with Crippen molar-refractivity contribution in [1.29, 1.82) is 0 Å². The monoisotopic (exact) mass is 309 g/mol. The number of fused-ring (bicyclic) bond motifs is 1. The zero-order valence-electron chi connectivity index (χ0n) is 9.14. The third-order valence-corrected chi connectivity index (χ3v) is 3.20. The molecule has 1 N–H and O–H groups in total. The molecule has 0 amide bonds. The van der Waals surface area contributed by atoms with Crippen LogP contribution in [0.2, 0.25) is 0 Å². The van der Waals surface area contributed by atoms with E-state index in [1.54, 1.807) is 0 Å². The second-order valence-corrected chi connectivity index (χ2v) is 4.84. The van der Waals surface area contributed by atoms with Crippen LogP contribution in [0, 0.1) is 0 Å². The minimum Gasteiger partial charge on any atom is -0.492 e. The highest BCUT2D eigenvalue weighted by Gasteiger charge is 2.22. The normalized spacial score (nSPS) is 13.2. The van der Waals surface area contributed by atoms with Crippen LogP contribution in [0.25, 0.3) is 11.3 Å². The summed E-state index contributed by atoms with van der Waals surface area (Å²) in [5.41, 5.74) is 1.68. The highest BCUT2D eigenvalue weighted by Crippen LogP contribution is 2.39. The number of nitrogens with zero attached hydrogens (tertiary/aromatic N) is 1. The second-order valence-electron chi connectivity index (χ2n) is 3.92. The van der Waals surface area contributed by atoms with E-state index in [1.165, 1.54) is 6.07 Å². The number of halogens is 1. The van der Waals surface area contributed by atoms with E-state index in [1.807, 2.05) is 12.1 Å². The van der Waals surface area contributed by atoms with Gasteiger partial charge in [-0.25, -0.2) is 4.79 Å². The van der Waals surface area contributed by atoms with Crippen molar-refractivity contribution in [2.24, 2.45) is 0 Å². The molecule has 0 fully saturated rings. The van der Waals surface area contributed by atoms with E-state index < -0.39 is 5.97 Å². The maximum Gasteiger partial charge on any atom is 0.358 e. The van der Waals surface area contributed by atoms with Crippen molar-refractivity contribution < 1.29 is 19.2 Å². The molecular weight excluding hydrogens is 302 g/mol. The maximum atomic E-state index is 10.8. The topological polar surface area (TPSA) is 72.6 Å². The summed E-state index contributed by atoms with van der Waals surface area (Å²) in [7, 11) is 0. The van der Waals surface area contributed by atoms with Gasteiger partial charge in [0.1, 0.15) is 5.75 Å². The molecule has 1 aliphatic heterocycles. The molecule has 1 aliphatic rings. The van der Waals surface area contributed by atoms with Crippen LogP contribution in [0.1, 0.15) is 16.1 Å². The summed E-state index contributed by atoms with van der Waals surface area (Å²) in [6, 6.07) is 5.21. The fourth-order valence-corrected chi connectivity index (χ4v) is 2.46. The number of ether oxygens (including phenoxy) is 1. The summed E-state index contributed by atoms with van der Waals surface area (Å²) in [6.45, 7) is 0.624. The van der Waals surface area contributed by atoms with Gasteiger partial charge in [-0.2, -0.15) is 0 Å². The van der Waals surface area contributed by atoms with E-state index in [9.17, 15) is 4.79 Å². The lowest BCUT2D eigenvalue weighted by Crippen LogP contribution is -1.94. The van der Waals surface area contributed by atoms with Gasteiger partial charge in [0, 0.05) is 17.0 Å². The van der Waals surface area contributed by atoms with Crippen molar-refractivity contribution in [2.45, 2.75) is 6.42 Å². The van der Waals surface area contributed by atoms with Gasteiger partial charge in [-0.05, 0) is 17.7 Å². The fraction of sp³-hybridized carbons (Fsp3) is 0.167. The molecule has 6 heteroatoms. The molecule has 0 aliphatic carbocycles. The van der Waals surface area contributed by atoms with Crippen LogP contribution >= 0.6 is 15.9 Å². The minimum atomic E-state index is -1.11. The predicted molar refractivity (Wildman–Crippen MR) is 65.8 cm³/mol.